The molecule has 5 nitrogen and oxygen atoms in total. The minimum Gasteiger partial charge on any atom is -0.376 e. The highest BCUT2D eigenvalue weighted by Gasteiger charge is 2.36. The minimum absolute atomic E-state index is 0.0104. The number of carbonyl (C=O) groups excluding carboxylic acids is 1. The molecule has 2 N–H and O–H groups in total. The molecule has 0 radical (unpaired) electrons. The fourth-order valence-electron chi connectivity index (χ4n) is 2.88. The Morgan fingerprint density at radius 3 is 3.00 bits per heavy atom. The molecular formula is C14H18ClN3O2. The lowest BCUT2D eigenvalue weighted by molar-refractivity contribution is -0.124. The molecule has 0 bridgehead atoms. The van der Waals surface area contributed by atoms with Crippen LogP contribution in [0, 0.1) is 0 Å². The quantitative estimate of drug-likeness (QED) is 0.895. The number of hydrogen-bond acceptors (Lipinski definition) is 4. The first-order valence-electron chi connectivity index (χ1n) is 7.01. The van der Waals surface area contributed by atoms with Crippen LogP contribution in [0.25, 0.3) is 0 Å². The number of hydrogen-bond donors (Lipinski definition) is 2. The van der Waals surface area contributed by atoms with Crippen LogP contribution in [0.2, 0.25) is 5.02 Å². The topological polar surface area (TPSA) is 63.2 Å². The van der Waals surface area contributed by atoms with Gasteiger partial charge in [0.05, 0.1) is 23.2 Å². The number of rotatable bonds is 3. The van der Waals surface area contributed by atoms with Gasteiger partial charge in [-0.15, -0.1) is 0 Å². The summed E-state index contributed by atoms with van der Waals surface area (Å²) in [5, 5.41) is 7.06. The molecule has 0 spiro atoms. The first-order valence-corrected chi connectivity index (χ1v) is 7.39. The molecule has 2 aliphatic heterocycles. The van der Waals surface area contributed by atoms with Crippen LogP contribution < -0.4 is 10.6 Å². The third-order valence-electron chi connectivity index (χ3n) is 3.87. The summed E-state index contributed by atoms with van der Waals surface area (Å²) in [6, 6.07) is 3.81. The largest absolute Gasteiger partial charge is 0.376 e. The van der Waals surface area contributed by atoms with Crippen LogP contribution in [0.4, 0.5) is 5.82 Å². The van der Waals surface area contributed by atoms with Gasteiger partial charge >= 0.3 is 0 Å². The molecule has 3 atom stereocenters. The van der Waals surface area contributed by atoms with Crippen molar-refractivity contribution in [1.29, 1.82) is 0 Å². The van der Waals surface area contributed by atoms with Crippen molar-refractivity contribution in [2.75, 3.05) is 11.9 Å². The molecule has 2 aliphatic rings. The van der Waals surface area contributed by atoms with Gasteiger partial charge in [-0.05, 0) is 31.4 Å². The van der Waals surface area contributed by atoms with E-state index in [9.17, 15) is 4.79 Å². The van der Waals surface area contributed by atoms with Crippen LogP contribution in [0.3, 0.4) is 0 Å². The SMILES string of the molecule is O=C1CC[C@H](Nc2ccc(Cl)cn2)[C@@H](C2CCCO2)N1. The predicted molar refractivity (Wildman–Crippen MR) is 76.8 cm³/mol. The number of amides is 1. The maximum Gasteiger partial charge on any atom is 0.220 e. The lowest BCUT2D eigenvalue weighted by Gasteiger charge is -2.36. The van der Waals surface area contributed by atoms with E-state index in [4.69, 9.17) is 16.3 Å². The summed E-state index contributed by atoms with van der Waals surface area (Å²) in [7, 11) is 0. The van der Waals surface area contributed by atoms with Crippen molar-refractivity contribution in [3.8, 4) is 0 Å². The van der Waals surface area contributed by atoms with Crippen LogP contribution >= 0.6 is 11.6 Å². The van der Waals surface area contributed by atoms with E-state index in [1.54, 1.807) is 12.3 Å². The second-order valence-corrected chi connectivity index (χ2v) is 5.73. The molecule has 1 unspecified atom stereocenters. The van der Waals surface area contributed by atoms with Gasteiger partial charge in [0.1, 0.15) is 5.82 Å². The Bertz CT molecular complexity index is 474. The van der Waals surface area contributed by atoms with Crippen LogP contribution in [0.5, 0.6) is 0 Å². The van der Waals surface area contributed by atoms with E-state index in [2.05, 4.69) is 15.6 Å². The summed E-state index contributed by atoms with van der Waals surface area (Å²) in [6.07, 6.45) is 5.10. The average Bonchev–Trinajstić information content (AvgIpc) is 2.97. The zero-order chi connectivity index (χ0) is 13.9. The number of carbonyl (C=O) groups is 1. The Hall–Kier alpha value is -1.33. The number of ether oxygens (including phenoxy) is 1. The Balaban J connectivity index is 1.71. The van der Waals surface area contributed by atoms with Gasteiger partial charge in [0.2, 0.25) is 5.91 Å². The first kappa shape index (κ1) is 13.6. The maximum absolute atomic E-state index is 11.6. The van der Waals surface area contributed by atoms with Gasteiger partial charge in [-0.1, -0.05) is 11.6 Å². The van der Waals surface area contributed by atoms with Crippen LogP contribution in [0.1, 0.15) is 25.7 Å². The van der Waals surface area contributed by atoms with E-state index in [1.807, 2.05) is 6.07 Å². The second-order valence-electron chi connectivity index (χ2n) is 5.30. The van der Waals surface area contributed by atoms with Crippen molar-refractivity contribution in [3.05, 3.63) is 23.4 Å². The molecule has 108 valence electrons. The lowest BCUT2D eigenvalue weighted by atomic mass is 9.92. The van der Waals surface area contributed by atoms with Crippen molar-refractivity contribution in [2.45, 2.75) is 43.9 Å². The number of anilines is 1. The normalized spacial score (nSPS) is 30.1. The summed E-state index contributed by atoms with van der Waals surface area (Å²) in [4.78, 5) is 15.9. The molecule has 0 aliphatic carbocycles. The highest BCUT2D eigenvalue weighted by molar-refractivity contribution is 6.30. The van der Waals surface area contributed by atoms with Gasteiger partial charge in [0, 0.05) is 19.2 Å². The van der Waals surface area contributed by atoms with Gasteiger partial charge in [-0.3, -0.25) is 4.79 Å². The zero-order valence-corrected chi connectivity index (χ0v) is 11.9. The van der Waals surface area contributed by atoms with Crippen molar-refractivity contribution < 1.29 is 9.53 Å². The van der Waals surface area contributed by atoms with Gasteiger partial charge in [-0.2, -0.15) is 0 Å². The molecule has 6 heteroatoms. The molecule has 3 heterocycles. The van der Waals surface area contributed by atoms with Crippen LogP contribution in [-0.2, 0) is 9.53 Å². The zero-order valence-electron chi connectivity index (χ0n) is 11.1. The van der Waals surface area contributed by atoms with E-state index in [-0.39, 0.29) is 24.1 Å². The maximum atomic E-state index is 11.6. The molecule has 1 amide bonds. The summed E-state index contributed by atoms with van der Waals surface area (Å²) in [5.41, 5.74) is 0. The summed E-state index contributed by atoms with van der Waals surface area (Å²) in [6.45, 7) is 0.781. The molecule has 1 aromatic rings. The van der Waals surface area contributed by atoms with Crippen molar-refractivity contribution >= 4 is 23.3 Å². The molecule has 3 rings (SSSR count). The van der Waals surface area contributed by atoms with Crippen molar-refractivity contribution in [2.24, 2.45) is 0 Å². The van der Waals surface area contributed by atoms with E-state index >= 15 is 0 Å². The van der Waals surface area contributed by atoms with E-state index in [0.29, 0.717) is 11.4 Å². The molecule has 0 saturated carbocycles. The van der Waals surface area contributed by atoms with Crippen LogP contribution in [0.15, 0.2) is 18.3 Å². The van der Waals surface area contributed by atoms with Gasteiger partial charge in [-0.25, -0.2) is 4.98 Å². The Morgan fingerprint density at radius 1 is 1.40 bits per heavy atom. The standard InChI is InChI=1S/C14H18ClN3O2/c15-9-3-5-12(16-8-9)17-10-4-6-13(19)18-14(10)11-2-1-7-20-11/h3,5,8,10-11,14H,1-2,4,6-7H2,(H,16,17)(H,18,19)/t10-,11?,14-/m0/s1. The number of pyridine rings is 1. The van der Waals surface area contributed by atoms with E-state index in [0.717, 1.165) is 31.7 Å². The first-order chi connectivity index (χ1) is 9.72. The molecular weight excluding hydrogens is 278 g/mol. The molecule has 2 fully saturated rings. The number of nitrogens with zero attached hydrogens (tertiary/aromatic N) is 1. The summed E-state index contributed by atoms with van der Waals surface area (Å²) >= 11 is 5.84. The molecule has 0 aromatic carbocycles. The highest BCUT2D eigenvalue weighted by Crippen LogP contribution is 2.24. The van der Waals surface area contributed by atoms with Gasteiger partial charge in [0.15, 0.2) is 0 Å². The summed E-state index contributed by atoms with van der Waals surface area (Å²) < 4.78 is 5.73. The third kappa shape index (κ3) is 3.04. The average molecular weight is 296 g/mol. The fourth-order valence-corrected chi connectivity index (χ4v) is 2.99. The third-order valence-corrected chi connectivity index (χ3v) is 4.09. The fraction of sp³-hybridized carbons (Fsp3) is 0.571. The number of halogens is 1. The predicted octanol–water partition coefficient (Wildman–Crippen LogP) is 1.97. The smallest absolute Gasteiger partial charge is 0.220 e. The Labute approximate surface area is 123 Å². The molecule has 1 aromatic heterocycles. The Morgan fingerprint density at radius 2 is 2.30 bits per heavy atom. The number of piperidine rings is 1. The number of aromatic nitrogens is 1. The second kappa shape index (κ2) is 5.97. The van der Waals surface area contributed by atoms with E-state index in [1.165, 1.54) is 0 Å². The molecule has 2 saturated heterocycles. The van der Waals surface area contributed by atoms with Crippen LogP contribution in [-0.4, -0.2) is 35.7 Å². The lowest BCUT2D eigenvalue weighted by Crippen LogP contribution is -2.56. The van der Waals surface area contributed by atoms with Gasteiger partial charge in [0.25, 0.3) is 0 Å². The molecule has 20 heavy (non-hydrogen) atoms. The minimum atomic E-state index is 0.0104. The monoisotopic (exact) mass is 295 g/mol. The summed E-state index contributed by atoms with van der Waals surface area (Å²) in [5.74, 6) is 0.881. The number of nitrogens with one attached hydrogen (secondary N) is 2. The van der Waals surface area contributed by atoms with Crippen molar-refractivity contribution in [1.82, 2.24) is 10.3 Å². The van der Waals surface area contributed by atoms with Gasteiger partial charge < -0.3 is 15.4 Å². The Kier molecular flexibility index (Phi) is 4.08. The van der Waals surface area contributed by atoms with E-state index < -0.39 is 0 Å². The highest BCUT2D eigenvalue weighted by atomic mass is 35.5. The van der Waals surface area contributed by atoms with Crippen molar-refractivity contribution in [3.63, 3.8) is 0 Å².